The van der Waals surface area contributed by atoms with Gasteiger partial charge in [-0.3, -0.25) is 0 Å². The minimum Gasteiger partial charge on any atom is -0.494 e. The second-order valence-electron chi connectivity index (χ2n) is 5.95. The molecule has 0 atom stereocenters. The van der Waals surface area contributed by atoms with E-state index in [1.165, 1.54) is 6.20 Å². The second kappa shape index (κ2) is 9.39. The van der Waals surface area contributed by atoms with Gasteiger partial charge in [0.1, 0.15) is 16.5 Å². The van der Waals surface area contributed by atoms with Crippen LogP contribution in [0.1, 0.15) is 26.7 Å². The van der Waals surface area contributed by atoms with E-state index in [0.717, 1.165) is 25.1 Å². The normalized spacial score (nSPS) is 11.5. The summed E-state index contributed by atoms with van der Waals surface area (Å²) in [7, 11) is -3.49. The number of nitrogens with one attached hydrogen (secondary N) is 2. The van der Waals surface area contributed by atoms with E-state index in [4.69, 9.17) is 4.74 Å². The summed E-state index contributed by atoms with van der Waals surface area (Å²) in [5, 5.41) is 3.18. The summed E-state index contributed by atoms with van der Waals surface area (Å²) >= 11 is 0. The van der Waals surface area contributed by atoms with Crippen LogP contribution in [0.15, 0.2) is 53.6 Å². The molecule has 0 spiro atoms. The quantitative estimate of drug-likeness (QED) is 0.634. The lowest BCUT2D eigenvalue weighted by Gasteiger charge is -2.10. The zero-order valence-electron chi connectivity index (χ0n) is 14.6. The highest BCUT2D eigenvalue weighted by atomic mass is 32.2. The minimum atomic E-state index is -3.49. The number of anilines is 1. The molecular formula is C18H25N3O3S. The zero-order chi connectivity index (χ0) is 18.1. The van der Waals surface area contributed by atoms with E-state index in [9.17, 15) is 8.42 Å². The molecule has 6 nitrogen and oxygen atoms in total. The van der Waals surface area contributed by atoms with Crippen LogP contribution in [0.2, 0.25) is 0 Å². The van der Waals surface area contributed by atoms with Crippen molar-refractivity contribution in [1.82, 2.24) is 9.71 Å². The van der Waals surface area contributed by atoms with E-state index >= 15 is 0 Å². The van der Waals surface area contributed by atoms with Gasteiger partial charge >= 0.3 is 0 Å². The number of rotatable bonds is 10. The highest BCUT2D eigenvalue weighted by Gasteiger charge is 2.15. The molecule has 25 heavy (non-hydrogen) atoms. The highest BCUT2D eigenvalue weighted by molar-refractivity contribution is 7.89. The van der Waals surface area contributed by atoms with Crippen molar-refractivity contribution >= 4 is 15.8 Å². The number of aromatic nitrogens is 1. The van der Waals surface area contributed by atoms with Crippen LogP contribution in [-0.4, -0.2) is 32.6 Å². The maximum atomic E-state index is 12.0. The van der Waals surface area contributed by atoms with Crippen molar-refractivity contribution in [3.63, 3.8) is 0 Å². The molecule has 0 bridgehead atoms. The standard InChI is InChI=1S/C18H25N3O3S/c1-15(2)21-25(22,23)17-10-11-18(20-14-17)19-12-6-7-13-24-16-8-4-3-5-9-16/h3-5,8-11,14-15,21H,6-7,12-13H2,1-2H3,(H,19,20). The van der Waals surface area contributed by atoms with Gasteiger partial charge in [-0.15, -0.1) is 0 Å². The van der Waals surface area contributed by atoms with Crippen LogP contribution in [-0.2, 0) is 10.0 Å². The molecule has 2 rings (SSSR count). The number of unbranched alkanes of at least 4 members (excludes halogenated alkanes) is 1. The van der Waals surface area contributed by atoms with Gasteiger partial charge in [0, 0.05) is 18.8 Å². The molecule has 1 heterocycles. The van der Waals surface area contributed by atoms with Crippen LogP contribution in [0.5, 0.6) is 5.75 Å². The van der Waals surface area contributed by atoms with E-state index in [2.05, 4.69) is 15.0 Å². The summed E-state index contributed by atoms with van der Waals surface area (Å²) in [6.45, 7) is 4.98. The van der Waals surface area contributed by atoms with Crippen LogP contribution in [0, 0.1) is 0 Å². The lowest BCUT2D eigenvalue weighted by Crippen LogP contribution is -2.30. The molecule has 0 aliphatic heterocycles. The molecule has 1 aromatic heterocycles. The maximum absolute atomic E-state index is 12.0. The summed E-state index contributed by atoms with van der Waals surface area (Å²) in [5.41, 5.74) is 0. The zero-order valence-corrected chi connectivity index (χ0v) is 15.4. The first-order valence-electron chi connectivity index (χ1n) is 8.37. The predicted octanol–water partition coefficient (Wildman–Crippen LogP) is 3.04. The summed E-state index contributed by atoms with van der Waals surface area (Å²) in [6, 6.07) is 12.8. The summed E-state index contributed by atoms with van der Waals surface area (Å²) in [4.78, 5) is 4.33. The Bertz CT molecular complexity index is 732. The summed E-state index contributed by atoms with van der Waals surface area (Å²) in [6.07, 6.45) is 3.22. The van der Waals surface area contributed by atoms with Crippen molar-refractivity contribution in [2.24, 2.45) is 0 Å². The van der Waals surface area contributed by atoms with Crippen LogP contribution in [0.25, 0.3) is 0 Å². The number of pyridine rings is 1. The van der Waals surface area contributed by atoms with Crippen molar-refractivity contribution in [2.45, 2.75) is 37.6 Å². The monoisotopic (exact) mass is 363 g/mol. The number of sulfonamides is 1. The lowest BCUT2D eigenvalue weighted by atomic mass is 10.3. The van der Waals surface area contributed by atoms with Crippen molar-refractivity contribution in [3.8, 4) is 5.75 Å². The largest absolute Gasteiger partial charge is 0.494 e. The van der Waals surface area contributed by atoms with Crippen LogP contribution >= 0.6 is 0 Å². The molecular weight excluding hydrogens is 338 g/mol. The Morgan fingerprint density at radius 1 is 1.08 bits per heavy atom. The Balaban J connectivity index is 1.69. The average Bonchev–Trinajstić information content (AvgIpc) is 2.58. The van der Waals surface area contributed by atoms with Gasteiger partial charge in [-0.2, -0.15) is 0 Å². The molecule has 0 fully saturated rings. The van der Waals surface area contributed by atoms with E-state index in [1.54, 1.807) is 26.0 Å². The molecule has 0 aliphatic carbocycles. The van der Waals surface area contributed by atoms with Gasteiger partial charge in [-0.25, -0.2) is 18.1 Å². The Hall–Kier alpha value is -2.12. The fourth-order valence-corrected chi connectivity index (χ4v) is 3.37. The SMILES string of the molecule is CC(C)NS(=O)(=O)c1ccc(NCCCCOc2ccccc2)nc1. The van der Waals surface area contributed by atoms with E-state index in [0.29, 0.717) is 12.4 Å². The number of hydrogen-bond donors (Lipinski definition) is 2. The van der Waals surface area contributed by atoms with Crippen molar-refractivity contribution < 1.29 is 13.2 Å². The van der Waals surface area contributed by atoms with Gasteiger partial charge in [0.05, 0.1) is 6.61 Å². The lowest BCUT2D eigenvalue weighted by molar-refractivity contribution is 0.308. The Labute approximate surface area is 149 Å². The number of nitrogens with zero attached hydrogens (tertiary/aromatic N) is 1. The Kier molecular flexibility index (Phi) is 7.21. The molecule has 7 heteroatoms. The highest BCUT2D eigenvalue weighted by Crippen LogP contribution is 2.12. The van der Waals surface area contributed by atoms with Gasteiger partial charge in [0.25, 0.3) is 0 Å². The number of hydrogen-bond acceptors (Lipinski definition) is 5. The third-order valence-corrected chi connectivity index (χ3v) is 4.97. The van der Waals surface area contributed by atoms with Crippen LogP contribution in [0.4, 0.5) is 5.82 Å². The molecule has 0 unspecified atom stereocenters. The molecule has 0 radical (unpaired) electrons. The van der Waals surface area contributed by atoms with E-state index in [1.807, 2.05) is 30.3 Å². The van der Waals surface area contributed by atoms with Crippen LogP contribution < -0.4 is 14.8 Å². The molecule has 0 aliphatic rings. The smallest absolute Gasteiger partial charge is 0.242 e. The molecule has 2 N–H and O–H groups in total. The van der Waals surface area contributed by atoms with E-state index in [-0.39, 0.29) is 10.9 Å². The molecule has 136 valence electrons. The third kappa shape index (κ3) is 6.72. The maximum Gasteiger partial charge on any atom is 0.242 e. The summed E-state index contributed by atoms with van der Waals surface area (Å²) in [5.74, 6) is 1.54. The fraction of sp³-hybridized carbons (Fsp3) is 0.389. The van der Waals surface area contributed by atoms with Crippen LogP contribution in [0.3, 0.4) is 0 Å². The van der Waals surface area contributed by atoms with Gasteiger partial charge in [0.2, 0.25) is 10.0 Å². The van der Waals surface area contributed by atoms with Crippen molar-refractivity contribution in [1.29, 1.82) is 0 Å². The van der Waals surface area contributed by atoms with Gasteiger partial charge < -0.3 is 10.1 Å². The van der Waals surface area contributed by atoms with Crippen molar-refractivity contribution in [2.75, 3.05) is 18.5 Å². The Morgan fingerprint density at radius 3 is 2.48 bits per heavy atom. The molecule has 0 amide bonds. The van der Waals surface area contributed by atoms with Gasteiger partial charge in [0.15, 0.2) is 0 Å². The van der Waals surface area contributed by atoms with Gasteiger partial charge in [-0.1, -0.05) is 18.2 Å². The number of benzene rings is 1. The first-order chi connectivity index (χ1) is 12.0. The summed E-state index contributed by atoms with van der Waals surface area (Å²) < 4.78 is 32.2. The molecule has 0 saturated carbocycles. The Morgan fingerprint density at radius 2 is 1.84 bits per heavy atom. The third-order valence-electron chi connectivity index (χ3n) is 3.33. The minimum absolute atomic E-state index is 0.152. The van der Waals surface area contributed by atoms with Gasteiger partial charge in [-0.05, 0) is 51.0 Å². The first-order valence-corrected chi connectivity index (χ1v) is 9.86. The fourth-order valence-electron chi connectivity index (χ4n) is 2.17. The molecule has 1 aromatic carbocycles. The number of ether oxygens (including phenoxy) is 1. The molecule has 0 saturated heterocycles. The second-order valence-corrected chi connectivity index (χ2v) is 7.66. The first kappa shape index (κ1) is 19.2. The average molecular weight is 363 g/mol. The molecule has 2 aromatic rings. The predicted molar refractivity (Wildman–Crippen MR) is 99.4 cm³/mol. The number of para-hydroxylation sites is 1. The topological polar surface area (TPSA) is 80.3 Å². The van der Waals surface area contributed by atoms with E-state index < -0.39 is 10.0 Å². The van der Waals surface area contributed by atoms with Crippen molar-refractivity contribution in [3.05, 3.63) is 48.7 Å².